The van der Waals surface area contributed by atoms with Crippen molar-refractivity contribution in [3.63, 3.8) is 0 Å². The number of rotatable bonds is 6. The average Bonchev–Trinajstić information content (AvgIpc) is 2.57. The summed E-state index contributed by atoms with van der Waals surface area (Å²) in [6.07, 6.45) is 4.87. The second-order valence-electron chi connectivity index (χ2n) is 7.21. The summed E-state index contributed by atoms with van der Waals surface area (Å²) >= 11 is 0. The van der Waals surface area contributed by atoms with Crippen LogP contribution in [0.3, 0.4) is 0 Å². The van der Waals surface area contributed by atoms with E-state index in [0.717, 1.165) is 10.7 Å². The highest BCUT2D eigenvalue weighted by Crippen LogP contribution is 2.21. The SMILES string of the molecule is C[C@H]([NH2+][C@@H]1CCCC[C@@H]1C)C(=O)Nc1cccc(S(=O)(=O)N(C)C)c1. The summed E-state index contributed by atoms with van der Waals surface area (Å²) in [6, 6.07) is 6.66. The maximum Gasteiger partial charge on any atom is 0.282 e. The van der Waals surface area contributed by atoms with Crippen molar-refractivity contribution in [3.05, 3.63) is 24.3 Å². The Bertz CT molecular complexity index is 703. The Morgan fingerprint density at radius 1 is 1.28 bits per heavy atom. The van der Waals surface area contributed by atoms with E-state index < -0.39 is 10.0 Å². The molecule has 0 aliphatic heterocycles. The number of sulfonamides is 1. The molecule has 1 aromatic carbocycles. The van der Waals surface area contributed by atoms with E-state index in [0.29, 0.717) is 17.6 Å². The molecule has 6 nitrogen and oxygen atoms in total. The highest BCUT2D eigenvalue weighted by molar-refractivity contribution is 7.89. The zero-order valence-electron chi connectivity index (χ0n) is 15.5. The van der Waals surface area contributed by atoms with Crippen molar-refractivity contribution in [2.75, 3.05) is 19.4 Å². The van der Waals surface area contributed by atoms with Crippen LogP contribution in [-0.2, 0) is 14.8 Å². The molecule has 1 amide bonds. The predicted octanol–water partition coefficient (Wildman–Crippen LogP) is 1.41. The van der Waals surface area contributed by atoms with Gasteiger partial charge in [0.05, 0.1) is 10.9 Å². The molecule has 1 saturated carbocycles. The Morgan fingerprint density at radius 3 is 2.60 bits per heavy atom. The van der Waals surface area contributed by atoms with Crippen LogP contribution < -0.4 is 10.6 Å². The topological polar surface area (TPSA) is 83.1 Å². The van der Waals surface area contributed by atoms with Gasteiger partial charge < -0.3 is 10.6 Å². The van der Waals surface area contributed by atoms with Gasteiger partial charge in [0.1, 0.15) is 0 Å². The molecule has 1 fully saturated rings. The third-order valence-corrected chi connectivity index (χ3v) is 6.82. The molecule has 0 radical (unpaired) electrons. The monoisotopic (exact) mass is 368 g/mol. The van der Waals surface area contributed by atoms with Gasteiger partial charge in [-0.2, -0.15) is 0 Å². The number of nitrogens with zero attached hydrogens (tertiary/aromatic N) is 1. The lowest BCUT2D eigenvalue weighted by atomic mass is 9.85. The summed E-state index contributed by atoms with van der Waals surface area (Å²) in [7, 11) is -0.533. The minimum Gasteiger partial charge on any atom is -0.334 e. The summed E-state index contributed by atoms with van der Waals surface area (Å²) in [5, 5.41) is 5.00. The lowest BCUT2D eigenvalue weighted by Gasteiger charge is -2.28. The molecule has 1 aliphatic rings. The molecule has 0 aromatic heterocycles. The molecular weight excluding hydrogens is 338 g/mol. The van der Waals surface area contributed by atoms with E-state index >= 15 is 0 Å². The molecule has 3 atom stereocenters. The third kappa shape index (κ3) is 5.03. The third-order valence-electron chi connectivity index (χ3n) is 5.01. The number of nitrogens with two attached hydrogens (primary N) is 1. The lowest BCUT2D eigenvalue weighted by molar-refractivity contribution is -0.714. The van der Waals surface area contributed by atoms with Gasteiger partial charge in [0.2, 0.25) is 10.0 Å². The summed E-state index contributed by atoms with van der Waals surface area (Å²) in [6.45, 7) is 4.15. The average molecular weight is 369 g/mol. The molecule has 1 aromatic rings. The van der Waals surface area contributed by atoms with E-state index in [4.69, 9.17) is 0 Å². The van der Waals surface area contributed by atoms with Crippen molar-refractivity contribution in [2.45, 2.75) is 56.5 Å². The molecule has 0 spiro atoms. The first-order chi connectivity index (χ1) is 11.7. The maximum absolute atomic E-state index is 12.5. The van der Waals surface area contributed by atoms with E-state index in [1.165, 1.54) is 45.5 Å². The zero-order chi connectivity index (χ0) is 18.6. The van der Waals surface area contributed by atoms with Gasteiger partial charge in [0.25, 0.3) is 5.91 Å². The predicted molar refractivity (Wildman–Crippen MR) is 98.8 cm³/mol. The minimum atomic E-state index is -3.51. The number of carbonyl (C=O) groups excluding carboxylic acids is 1. The fraction of sp³-hybridized carbons (Fsp3) is 0.611. The highest BCUT2D eigenvalue weighted by Gasteiger charge is 2.28. The summed E-state index contributed by atoms with van der Waals surface area (Å²) in [5.41, 5.74) is 0.505. The van der Waals surface area contributed by atoms with Gasteiger partial charge in [0, 0.05) is 25.7 Å². The van der Waals surface area contributed by atoms with Crippen LogP contribution in [0.4, 0.5) is 5.69 Å². The standard InChI is InChI=1S/C18H29N3O3S/c1-13-8-5-6-11-17(13)19-14(2)18(22)20-15-9-7-10-16(12-15)25(23,24)21(3)4/h7,9-10,12-14,17,19H,5-6,8,11H2,1-4H3,(H,20,22)/p+1/t13-,14-,17+/m0/s1. The molecular formula is C18H30N3O3S+. The van der Waals surface area contributed by atoms with Crippen LogP contribution in [-0.4, -0.2) is 44.8 Å². The molecule has 0 unspecified atom stereocenters. The van der Waals surface area contributed by atoms with Crippen molar-refractivity contribution in [1.82, 2.24) is 4.31 Å². The van der Waals surface area contributed by atoms with Crippen molar-refractivity contribution in [3.8, 4) is 0 Å². The second kappa shape index (κ2) is 8.29. The van der Waals surface area contributed by atoms with E-state index in [1.54, 1.807) is 12.1 Å². The van der Waals surface area contributed by atoms with Gasteiger partial charge in [-0.05, 0) is 44.4 Å². The number of quaternary nitrogens is 1. The number of amides is 1. The number of hydrogen-bond acceptors (Lipinski definition) is 3. The van der Waals surface area contributed by atoms with Crippen LogP contribution >= 0.6 is 0 Å². The van der Waals surface area contributed by atoms with Crippen LogP contribution in [0, 0.1) is 5.92 Å². The van der Waals surface area contributed by atoms with Crippen LogP contribution in [0.15, 0.2) is 29.2 Å². The number of nitrogens with one attached hydrogen (secondary N) is 1. The molecule has 1 aliphatic carbocycles. The van der Waals surface area contributed by atoms with Crippen LogP contribution in [0.5, 0.6) is 0 Å². The van der Waals surface area contributed by atoms with Crippen LogP contribution in [0.25, 0.3) is 0 Å². The van der Waals surface area contributed by atoms with Gasteiger partial charge in [-0.3, -0.25) is 4.79 Å². The smallest absolute Gasteiger partial charge is 0.282 e. The fourth-order valence-corrected chi connectivity index (χ4v) is 4.24. The van der Waals surface area contributed by atoms with E-state index in [2.05, 4.69) is 17.6 Å². The van der Waals surface area contributed by atoms with Crippen molar-refractivity contribution >= 4 is 21.6 Å². The number of carbonyl (C=O) groups is 1. The Morgan fingerprint density at radius 2 is 1.96 bits per heavy atom. The first kappa shape index (κ1) is 19.9. The molecule has 7 heteroatoms. The summed E-state index contributed by atoms with van der Waals surface area (Å²) in [4.78, 5) is 12.7. The Labute approximate surface area is 151 Å². The first-order valence-corrected chi connectivity index (χ1v) is 10.3. The van der Waals surface area contributed by atoms with Gasteiger partial charge in [-0.1, -0.05) is 19.4 Å². The quantitative estimate of drug-likeness (QED) is 0.796. The van der Waals surface area contributed by atoms with Crippen molar-refractivity contribution in [2.24, 2.45) is 5.92 Å². The molecule has 0 bridgehead atoms. The number of benzene rings is 1. The van der Waals surface area contributed by atoms with Gasteiger partial charge in [0.15, 0.2) is 6.04 Å². The summed E-state index contributed by atoms with van der Waals surface area (Å²) in [5.74, 6) is 0.523. The van der Waals surface area contributed by atoms with E-state index in [-0.39, 0.29) is 16.8 Å². The van der Waals surface area contributed by atoms with Gasteiger partial charge in [-0.25, -0.2) is 12.7 Å². The van der Waals surface area contributed by atoms with E-state index in [1.807, 2.05) is 6.92 Å². The Hall–Kier alpha value is -1.44. The Kier molecular flexibility index (Phi) is 6.59. The fourth-order valence-electron chi connectivity index (χ4n) is 3.29. The second-order valence-corrected chi connectivity index (χ2v) is 9.36. The van der Waals surface area contributed by atoms with Gasteiger partial charge >= 0.3 is 0 Å². The molecule has 2 rings (SSSR count). The molecule has 0 heterocycles. The maximum atomic E-state index is 12.5. The lowest BCUT2D eigenvalue weighted by Crippen LogP contribution is -2.97. The summed E-state index contributed by atoms with van der Waals surface area (Å²) < 4.78 is 25.6. The minimum absolute atomic E-state index is 0.0998. The Balaban J connectivity index is 2.02. The zero-order valence-corrected chi connectivity index (χ0v) is 16.3. The van der Waals surface area contributed by atoms with E-state index in [9.17, 15) is 13.2 Å². The highest BCUT2D eigenvalue weighted by atomic mass is 32.2. The molecule has 0 saturated heterocycles. The van der Waals surface area contributed by atoms with Gasteiger partial charge in [-0.15, -0.1) is 0 Å². The van der Waals surface area contributed by atoms with Crippen molar-refractivity contribution < 1.29 is 18.5 Å². The molecule has 3 N–H and O–H groups in total. The normalized spacial score (nSPS) is 22.6. The van der Waals surface area contributed by atoms with Crippen molar-refractivity contribution in [1.29, 1.82) is 0 Å². The number of anilines is 1. The van der Waals surface area contributed by atoms with Crippen LogP contribution in [0.1, 0.15) is 39.5 Å². The molecule has 140 valence electrons. The number of hydrogen-bond donors (Lipinski definition) is 2. The largest absolute Gasteiger partial charge is 0.334 e. The first-order valence-electron chi connectivity index (χ1n) is 8.90. The molecule has 25 heavy (non-hydrogen) atoms. The van der Waals surface area contributed by atoms with Crippen LogP contribution in [0.2, 0.25) is 0 Å².